The highest BCUT2D eigenvalue weighted by Gasteiger charge is 2.10. The van der Waals surface area contributed by atoms with Crippen molar-refractivity contribution in [1.29, 1.82) is 0 Å². The van der Waals surface area contributed by atoms with E-state index >= 15 is 0 Å². The lowest BCUT2D eigenvalue weighted by atomic mass is 10.1. The molecule has 0 aliphatic heterocycles. The summed E-state index contributed by atoms with van der Waals surface area (Å²) < 4.78 is 15.5. The van der Waals surface area contributed by atoms with E-state index < -0.39 is 5.97 Å². The second-order valence-electron chi connectivity index (χ2n) is 5.44. The molecule has 0 heterocycles. The Balaban J connectivity index is 1.91. The normalized spacial score (nSPS) is 11.0. The van der Waals surface area contributed by atoms with E-state index in [-0.39, 0.29) is 12.3 Å². The van der Waals surface area contributed by atoms with E-state index in [1.807, 2.05) is 24.3 Å². The number of amidine groups is 1. The minimum Gasteiger partial charge on any atom is -0.497 e. The Morgan fingerprint density at radius 1 is 0.885 bits per heavy atom. The highest BCUT2D eigenvalue weighted by Crippen LogP contribution is 2.27. The van der Waals surface area contributed by atoms with Gasteiger partial charge in [0, 0.05) is 6.42 Å². The third-order valence-electron chi connectivity index (χ3n) is 3.61. The molecule has 0 saturated carbocycles. The fourth-order valence-corrected chi connectivity index (χ4v) is 2.28. The molecule has 0 bridgehead atoms. The van der Waals surface area contributed by atoms with Gasteiger partial charge in [-0.3, -0.25) is 0 Å². The van der Waals surface area contributed by atoms with Gasteiger partial charge in [0.15, 0.2) is 11.5 Å². The number of benzene rings is 2. The minimum absolute atomic E-state index is 0.0413. The summed E-state index contributed by atoms with van der Waals surface area (Å²) in [6, 6.07) is 12.6. The highest BCUT2D eigenvalue weighted by molar-refractivity contribution is 5.83. The maximum atomic E-state index is 11.9. The molecule has 26 heavy (non-hydrogen) atoms. The summed E-state index contributed by atoms with van der Waals surface area (Å²) in [6.45, 7) is 0. The van der Waals surface area contributed by atoms with Gasteiger partial charge in [0.05, 0.1) is 27.8 Å². The molecule has 2 aromatic rings. The van der Waals surface area contributed by atoms with Crippen LogP contribution in [0.4, 0.5) is 0 Å². The van der Waals surface area contributed by atoms with Crippen LogP contribution >= 0.6 is 0 Å². The Kier molecular flexibility index (Phi) is 6.84. The van der Waals surface area contributed by atoms with Crippen molar-refractivity contribution in [2.45, 2.75) is 12.8 Å². The van der Waals surface area contributed by atoms with Crippen LogP contribution in [-0.2, 0) is 22.5 Å². The minimum atomic E-state index is -0.519. The van der Waals surface area contributed by atoms with E-state index in [4.69, 9.17) is 24.8 Å². The first kappa shape index (κ1) is 19.1. The van der Waals surface area contributed by atoms with Crippen molar-refractivity contribution in [2.75, 3.05) is 21.3 Å². The maximum Gasteiger partial charge on any atom is 0.339 e. The molecule has 0 spiro atoms. The molecule has 7 nitrogen and oxygen atoms in total. The maximum absolute atomic E-state index is 11.9. The molecule has 0 aromatic heterocycles. The molecule has 2 rings (SSSR count). The smallest absolute Gasteiger partial charge is 0.339 e. The summed E-state index contributed by atoms with van der Waals surface area (Å²) in [5, 5.41) is 3.69. The third-order valence-corrected chi connectivity index (χ3v) is 3.61. The molecule has 0 unspecified atom stereocenters. The van der Waals surface area contributed by atoms with Crippen LogP contribution < -0.4 is 19.9 Å². The van der Waals surface area contributed by atoms with Crippen molar-refractivity contribution in [2.24, 2.45) is 10.9 Å². The first-order chi connectivity index (χ1) is 12.5. The Labute approximate surface area is 152 Å². The molecule has 138 valence electrons. The molecule has 0 aliphatic rings. The number of nitrogens with zero attached hydrogens (tertiary/aromatic N) is 1. The number of rotatable bonds is 8. The van der Waals surface area contributed by atoms with Gasteiger partial charge in [0.1, 0.15) is 11.6 Å². The molecule has 0 atom stereocenters. The topological polar surface area (TPSA) is 92.4 Å². The Morgan fingerprint density at radius 2 is 1.54 bits per heavy atom. The molecule has 0 saturated heterocycles. The van der Waals surface area contributed by atoms with E-state index in [0.29, 0.717) is 17.9 Å². The van der Waals surface area contributed by atoms with Gasteiger partial charge in [-0.2, -0.15) is 0 Å². The number of carbonyl (C=O) groups excluding carboxylic acids is 1. The molecule has 2 aromatic carbocycles. The van der Waals surface area contributed by atoms with E-state index in [0.717, 1.165) is 16.9 Å². The van der Waals surface area contributed by atoms with E-state index in [2.05, 4.69) is 5.16 Å². The number of oxime groups is 1. The zero-order valence-corrected chi connectivity index (χ0v) is 15.0. The summed E-state index contributed by atoms with van der Waals surface area (Å²) in [6.07, 6.45) is 0.410. The molecule has 0 amide bonds. The van der Waals surface area contributed by atoms with Crippen molar-refractivity contribution in [1.82, 2.24) is 0 Å². The predicted molar refractivity (Wildman–Crippen MR) is 97.7 cm³/mol. The summed E-state index contributed by atoms with van der Waals surface area (Å²) in [5.74, 6) is 1.57. The monoisotopic (exact) mass is 358 g/mol. The fraction of sp³-hybridized carbons (Fsp3) is 0.263. The number of hydrogen-bond acceptors (Lipinski definition) is 6. The molecule has 0 fully saturated rings. The van der Waals surface area contributed by atoms with Crippen molar-refractivity contribution in [3.05, 3.63) is 53.6 Å². The number of hydrogen-bond donors (Lipinski definition) is 1. The Hall–Kier alpha value is -3.22. The van der Waals surface area contributed by atoms with Crippen molar-refractivity contribution >= 4 is 11.8 Å². The van der Waals surface area contributed by atoms with Gasteiger partial charge in [-0.25, -0.2) is 4.79 Å². The molecular formula is C19H22N2O5. The van der Waals surface area contributed by atoms with Crippen LogP contribution in [0.25, 0.3) is 0 Å². The summed E-state index contributed by atoms with van der Waals surface area (Å²) >= 11 is 0. The zero-order valence-electron chi connectivity index (χ0n) is 15.0. The highest BCUT2D eigenvalue weighted by atomic mass is 16.7. The van der Waals surface area contributed by atoms with Crippen LogP contribution in [0.1, 0.15) is 11.1 Å². The van der Waals surface area contributed by atoms with Gasteiger partial charge in [0.25, 0.3) is 0 Å². The van der Waals surface area contributed by atoms with E-state index in [1.54, 1.807) is 32.4 Å². The number of ether oxygens (including phenoxy) is 3. The van der Waals surface area contributed by atoms with Crippen LogP contribution in [0.2, 0.25) is 0 Å². The van der Waals surface area contributed by atoms with Crippen molar-refractivity contribution in [3.8, 4) is 17.2 Å². The second-order valence-corrected chi connectivity index (χ2v) is 5.44. The van der Waals surface area contributed by atoms with Gasteiger partial charge >= 0.3 is 5.97 Å². The quantitative estimate of drug-likeness (QED) is 0.337. The first-order valence-electron chi connectivity index (χ1n) is 7.91. The predicted octanol–water partition coefficient (Wildman–Crippen LogP) is 2.31. The average molecular weight is 358 g/mol. The summed E-state index contributed by atoms with van der Waals surface area (Å²) in [4.78, 5) is 16.8. The molecule has 2 N–H and O–H groups in total. The SMILES string of the molecule is COc1ccc(C/C(N)=N/OC(=O)Cc2ccc(OC)c(OC)c2)cc1. The zero-order chi connectivity index (χ0) is 18.9. The van der Waals surface area contributed by atoms with Gasteiger partial charge in [-0.15, -0.1) is 0 Å². The van der Waals surface area contributed by atoms with E-state index in [1.165, 1.54) is 7.11 Å². The van der Waals surface area contributed by atoms with Crippen LogP contribution in [0.3, 0.4) is 0 Å². The average Bonchev–Trinajstić information content (AvgIpc) is 2.67. The standard InChI is InChI=1S/C19H22N2O5/c1-23-15-7-4-13(5-8-15)11-18(20)21-26-19(22)12-14-6-9-16(24-2)17(10-14)25-3/h4-10H,11-12H2,1-3H3,(H2,20,21). The molecule has 0 radical (unpaired) electrons. The first-order valence-corrected chi connectivity index (χ1v) is 7.91. The number of methoxy groups -OCH3 is 3. The van der Waals surface area contributed by atoms with Crippen molar-refractivity contribution in [3.63, 3.8) is 0 Å². The van der Waals surface area contributed by atoms with Gasteiger partial charge in [-0.05, 0) is 35.4 Å². The van der Waals surface area contributed by atoms with Gasteiger partial charge < -0.3 is 24.8 Å². The van der Waals surface area contributed by atoms with Gasteiger partial charge in [-0.1, -0.05) is 23.4 Å². The summed E-state index contributed by atoms with van der Waals surface area (Å²) in [5.41, 5.74) is 7.46. The lowest BCUT2D eigenvalue weighted by molar-refractivity contribution is -0.142. The molecular weight excluding hydrogens is 336 g/mol. The van der Waals surface area contributed by atoms with Crippen molar-refractivity contribution < 1.29 is 23.8 Å². The third kappa shape index (κ3) is 5.41. The van der Waals surface area contributed by atoms with Crippen LogP contribution in [-0.4, -0.2) is 33.1 Å². The number of nitrogens with two attached hydrogens (primary N) is 1. The fourth-order valence-electron chi connectivity index (χ4n) is 2.28. The lowest BCUT2D eigenvalue weighted by Gasteiger charge is -2.08. The Bertz CT molecular complexity index is 772. The lowest BCUT2D eigenvalue weighted by Crippen LogP contribution is -2.17. The number of carbonyl (C=O) groups is 1. The molecule has 7 heteroatoms. The van der Waals surface area contributed by atoms with Crippen LogP contribution in [0.15, 0.2) is 47.6 Å². The molecule has 0 aliphatic carbocycles. The van der Waals surface area contributed by atoms with Gasteiger partial charge in [0.2, 0.25) is 0 Å². The largest absolute Gasteiger partial charge is 0.497 e. The second kappa shape index (κ2) is 9.31. The Morgan fingerprint density at radius 3 is 2.15 bits per heavy atom. The summed E-state index contributed by atoms with van der Waals surface area (Å²) in [7, 11) is 4.68. The van der Waals surface area contributed by atoms with E-state index in [9.17, 15) is 4.79 Å². The van der Waals surface area contributed by atoms with Crippen LogP contribution in [0, 0.1) is 0 Å². The van der Waals surface area contributed by atoms with Crippen LogP contribution in [0.5, 0.6) is 17.2 Å².